The van der Waals surface area contributed by atoms with Gasteiger partial charge >= 0.3 is 0 Å². The fraction of sp³-hybridized carbons (Fsp3) is 0.929. The van der Waals surface area contributed by atoms with Crippen molar-refractivity contribution in [2.75, 3.05) is 13.1 Å². The van der Waals surface area contributed by atoms with Gasteiger partial charge in [0.1, 0.15) is 0 Å². The fourth-order valence-electron chi connectivity index (χ4n) is 2.84. The SMILES string of the molecule is CC1CCCC(O)(CNCCC(=O)NC2CC2)C1. The third-order valence-electron chi connectivity index (χ3n) is 3.99. The van der Waals surface area contributed by atoms with Crippen LogP contribution in [0.5, 0.6) is 0 Å². The highest BCUT2D eigenvalue weighted by Crippen LogP contribution is 2.31. The summed E-state index contributed by atoms with van der Waals surface area (Å²) in [6.07, 6.45) is 6.90. The molecule has 2 saturated carbocycles. The Morgan fingerprint density at radius 3 is 2.83 bits per heavy atom. The van der Waals surface area contributed by atoms with Crippen LogP contribution in [0.4, 0.5) is 0 Å². The molecule has 1 amide bonds. The molecule has 2 rings (SSSR count). The van der Waals surface area contributed by atoms with E-state index in [2.05, 4.69) is 17.6 Å². The van der Waals surface area contributed by atoms with Gasteiger partial charge in [-0.3, -0.25) is 4.79 Å². The molecule has 0 saturated heterocycles. The Labute approximate surface area is 110 Å². The zero-order valence-corrected chi connectivity index (χ0v) is 11.4. The van der Waals surface area contributed by atoms with E-state index in [9.17, 15) is 9.90 Å². The van der Waals surface area contributed by atoms with E-state index in [1.54, 1.807) is 0 Å². The van der Waals surface area contributed by atoms with Gasteiger partial charge in [0, 0.05) is 25.6 Å². The first-order valence-corrected chi connectivity index (χ1v) is 7.30. The minimum Gasteiger partial charge on any atom is -0.389 e. The largest absolute Gasteiger partial charge is 0.389 e. The van der Waals surface area contributed by atoms with Crippen LogP contribution in [0.25, 0.3) is 0 Å². The van der Waals surface area contributed by atoms with Crippen LogP contribution in [-0.4, -0.2) is 35.7 Å². The first kappa shape index (κ1) is 13.8. The number of hydrogen-bond acceptors (Lipinski definition) is 3. The second-order valence-electron chi connectivity index (χ2n) is 6.19. The van der Waals surface area contributed by atoms with Crippen LogP contribution in [0.3, 0.4) is 0 Å². The molecule has 0 aromatic heterocycles. The van der Waals surface area contributed by atoms with Gasteiger partial charge in [-0.15, -0.1) is 0 Å². The van der Waals surface area contributed by atoms with Crippen molar-refractivity contribution in [3.8, 4) is 0 Å². The lowest BCUT2D eigenvalue weighted by Crippen LogP contribution is -2.44. The highest BCUT2D eigenvalue weighted by Gasteiger charge is 2.32. The third kappa shape index (κ3) is 4.58. The summed E-state index contributed by atoms with van der Waals surface area (Å²) in [7, 11) is 0. The molecular formula is C14H26N2O2. The van der Waals surface area contributed by atoms with Gasteiger partial charge in [0.05, 0.1) is 5.60 Å². The maximum Gasteiger partial charge on any atom is 0.221 e. The average molecular weight is 254 g/mol. The molecule has 18 heavy (non-hydrogen) atoms. The molecule has 3 N–H and O–H groups in total. The van der Waals surface area contributed by atoms with Gasteiger partial charge in [-0.2, -0.15) is 0 Å². The van der Waals surface area contributed by atoms with Crippen LogP contribution in [-0.2, 0) is 4.79 Å². The van der Waals surface area contributed by atoms with Crippen molar-refractivity contribution in [1.82, 2.24) is 10.6 Å². The lowest BCUT2D eigenvalue weighted by Gasteiger charge is -2.35. The van der Waals surface area contributed by atoms with E-state index in [1.165, 1.54) is 6.42 Å². The van der Waals surface area contributed by atoms with Crippen LogP contribution < -0.4 is 10.6 Å². The van der Waals surface area contributed by atoms with Crippen molar-refractivity contribution < 1.29 is 9.90 Å². The Hall–Kier alpha value is -0.610. The van der Waals surface area contributed by atoms with Gasteiger partial charge in [0.15, 0.2) is 0 Å². The summed E-state index contributed by atoms with van der Waals surface area (Å²) in [5.74, 6) is 0.748. The second-order valence-corrected chi connectivity index (χ2v) is 6.19. The summed E-state index contributed by atoms with van der Waals surface area (Å²) >= 11 is 0. The second kappa shape index (κ2) is 6.02. The molecule has 0 aromatic rings. The number of hydrogen-bond donors (Lipinski definition) is 3. The van der Waals surface area contributed by atoms with Gasteiger partial charge in [-0.25, -0.2) is 0 Å². The summed E-state index contributed by atoms with van der Waals surface area (Å²) in [5.41, 5.74) is -0.551. The van der Waals surface area contributed by atoms with Gasteiger partial charge < -0.3 is 15.7 Å². The molecule has 4 heteroatoms. The highest BCUT2D eigenvalue weighted by molar-refractivity contribution is 5.76. The Morgan fingerprint density at radius 1 is 1.39 bits per heavy atom. The molecule has 2 unspecified atom stereocenters. The third-order valence-corrected chi connectivity index (χ3v) is 3.99. The predicted octanol–water partition coefficient (Wildman–Crippen LogP) is 1.19. The van der Waals surface area contributed by atoms with E-state index in [1.807, 2.05) is 0 Å². The standard InChI is InChI=1S/C14H26N2O2/c1-11-3-2-7-14(18,9-11)10-15-8-6-13(17)16-12-4-5-12/h11-12,15,18H,2-10H2,1H3,(H,16,17). The molecule has 4 nitrogen and oxygen atoms in total. The van der Waals surface area contributed by atoms with E-state index in [-0.39, 0.29) is 5.91 Å². The van der Waals surface area contributed by atoms with Crippen molar-refractivity contribution in [1.29, 1.82) is 0 Å². The van der Waals surface area contributed by atoms with Crippen LogP contribution in [0, 0.1) is 5.92 Å². The monoisotopic (exact) mass is 254 g/mol. The molecule has 0 bridgehead atoms. The zero-order chi connectivity index (χ0) is 13.0. The quantitative estimate of drug-likeness (QED) is 0.624. The molecule has 0 radical (unpaired) electrons. The molecule has 0 heterocycles. The molecule has 2 fully saturated rings. The maximum atomic E-state index is 11.5. The minimum atomic E-state index is -0.551. The van der Waals surface area contributed by atoms with Crippen molar-refractivity contribution in [3.05, 3.63) is 0 Å². The first-order chi connectivity index (χ1) is 8.57. The Morgan fingerprint density at radius 2 is 2.17 bits per heavy atom. The molecule has 2 aliphatic carbocycles. The predicted molar refractivity (Wildman–Crippen MR) is 71.2 cm³/mol. The van der Waals surface area contributed by atoms with Crippen LogP contribution >= 0.6 is 0 Å². The average Bonchev–Trinajstić information content (AvgIpc) is 3.08. The van der Waals surface area contributed by atoms with E-state index >= 15 is 0 Å². The Kier molecular flexibility index (Phi) is 4.62. The molecule has 2 aliphatic rings. The summed E-state index contributed by atoms with van der Waals surface area (Å²) < 4.78 is 0. The normalized spacial score (nSPS) is 32.2. The molecule has 0 aliphatic heterocycles. The Bertz CT molecular complexity index is 292. The van der Waals surface area contributed by atoms with Gasteiger partial charge in [0.2, 0.25) is 5.91 Å². The maximum absolute atomic E-state index is 11.5. The number of nitrogens with one attached hydrogen (secondary N) is 2. The number of amides is 1. The molecular weight excluding hydrogens is 228 g/mol. The summed E-state index contributed by atoms with van der Waals surface area (Å²) in [5, 5.41) is 16.6. The van der Waals surface area contributed by atoms with Crippen molar-refractivity contribution >= 4 is 5.91 Å². The number of carbonyl (C=O) groups is 1. The van der Waals surface area contributed by atoms with Crippen molar-refractivity contribution in [2.24, 2.45) is 5.92 Å². The molecule has 2 atom stereocenters. The van der Waals surface area contributed by atoms with Gasteiger partial charge in [0.25, 0.3) is 0 Å². The molecule has 0 spiro atoms. The van der Waals surface area contributed by atoms with Crippen LogP contribution in [0.2, 0.25) is 0 Å². The highest BCUT2D eigenvalue weighted by atomic mass is 16.3. The van der Waals surface area contributed by atoms with E-state index in [4.69, 9.17) is 0 Å². The lowest BCUT2D eigenvalue weighted by molar-refractivity contribution is -0.121. The fourth-order valence-corrected chi connectivity index (χ4v) is 2.84. The number of rotatable bonds is 6. The smallest absolute Gasteiger partial charge is 0.221 e. The topological polar surface area (TPSA) is 61.4 Å². The number of aliphatic hydroxyl groups is 1. The lowest BCUT2D eigenvalue weighted by atomic mass is 9.79. The molecule has 0 aromatic carbocycles. The Balaban J connectivity index is 1.57. The summed E-state index contributed by atoms with van der Waals surface area (Å²) in [4.78, 5) is 11.5. The zero-order valence-electron chi connectivity index (χ0n) is 11.4. The van der Waals surface area contributed by atoms with Crippen LogP contribution in [0.1, 0.15) is 51.9 Å². The number of carbonyl (C=O) groups excluding carboxylic acids is 1. The van der Waals surface area contributed by atoms with Crippen molar-refractivity contribution in [2.45, 2.75) is 63.5 Å². The summed E-state index contributed by atoms with van der Waals surface area (Å²) in [6.45, 7) is 3.48. The van der Waals surface area contributed by atoms with Crippen LogP contribution in [0.15, 0.2) is 0 Å². The summed E-state index contributed by atoms with van der Waals surface area (Å²) in [6, 6.07) is 0.445. The van der Waals surface area contributed by atoms with Gasteiger partial charge in [-0.1, -0.05) is 19.8 Å². The van der Waals surface area contributed by atoms with Gasteiger partial charge in [-0.05, 0) is 31.6 Å². The van der Waals surface area contributed by atoms with E-state index in [0.29, 0.717) is 31.5 Å². The van der Waals surface area contributed by atoms with E-state index < -0.39 is 5.60 Å². The van der Waals surface area contributed by atoms with Crippen molar-refractivity contribution in [3.63, 3.8) is 0 Å². The first-order valence-electron chi connectivity index (χ1n) is 7.30. The van der Waals surface area contributed by atoms with E-state index in [0.717, 1.165) is 32.1 Å². The molecule has 104 valence electrons. The minimum absolute atomic E-state index is 0.133.